The SMILES string of the molecule is CC(C)[C@H](NC(=O)CN1C(=O)[C@H]2CCCCN2c2ccc(C(=O)N3CCCC3)cc21)c1cccs1. The Morgan fingerprint density at radius 2 is 1.83 bits per heavy atom. The number of fused-ring (bicyclic) bond motifs is 3. The molecule has 1 N–H and O–H groups in total. The molecule has 0 unspecified atom stereocenters. The lowest BCUT2D eigenvalue weighted by molar-refractivity contribution is -0.125. The van der Waals surface area contributed by atoms with Crippen LogP contribution in [-0.4, -0.2) is 54.8 Å². The highest BCUT2D eigenvalue weighted by molar-refractivity contribution is 7.10. The number of rotatable bonds is 6. The standard InChI is InChI=1S/C27H34N4O3S/c1-18(2)25(23-9-7-15-35-23)28-24(32)17-31-22-16-19(26(33)29-12-5-6-13-29)10-11-20(22)30-14-4-3-8-21(30)27(31)34/h7,9-11,15-16,18,21,25H,3-6,8,12-14,17H2,1-2H3,(H,28,32)/t21-,25+/m1/s1. The number of nitrogens with one attached hydrogen (secondary N) is 1. The van der Waals surface area contributed by atoms with Crippen molar-refractivity contribution < 1.29 is 14.4 Å². The Kier molecular flexibility index (Phi) is 6.82. The van der Waals surface area contributed by atoms with E-state index < -0.39 is 0 Å². The molecule has 3 amide bonds. The van der Waals surface area contributed by atoms with Gasteiger partial charge in [0.15, 0.2) is 0 Å². The van der Waals surface area contributed by atoms with Crippen LogP contribution >= 0.6 is 11.3 Å². The molecule has 5 rings (SSSR count). The van der Waals surface area contributed by atoms with Crippen LogP contribution in [0.5, 0.6) is 0 Å². The molecule has 2 saturated heterocycles. The maximum absolute atomic E-state index is 13.7. The van der Waals surface area contributed by atoms with Crippen molar-refractivity contribution in [3.8, 4) is 0 Å². The minimum absolute atomic E-state index is 0.000449. The molecule has 4 heterocycles. The number of benzene rings is 1. The maximum Gasteiger partial charge on any atom is 0.253 e. The first-order valence-corrected chi connectivity index (χ1v) is 13.7. The number of carbonyl (C=O) groups is 3. The zero-order valence-electron chi connectivity index (χ0n) is 20.5. The molecule has 2 fully saturated rings. The van der Waals surface area contributed by atoms with E-state index in [-0.39, 0.29) is 42.3 Å². The minimum Gasteiger partial charge on any atom is -0.358 e. The van der Waals surface area contributed by atoms with Crippen molar-refractivity contribution in [1.82, 2.24) is 10.2 Å². The van der Waals surface area contributed by atoms with Crippen LogP contribution in [0.2, 0.25) is 0 Å². The molecule has 3 aliphatic rings. The van der Waals surface area contributed by atoms with E-state index in [9.17, 15) is 14.4 Å². The van der Waals surface area contributed by atoms with E-state index in [2.05, 4.69) is 24.1 Å². The predicted molar refractivity (Wildman–Crippen MR) is 139 cm³/mol. The van der Waals surface area contributed by atoms with E-state index in [4.69, 9.17) is 0 Å². The minimum atomic E-state index is -0.248. The topological polar surface area (TPSA) is 73.0 Å². The third-order valence-electron chi connectivity index (χ3n) is 7.40. The third kappa shape index (κ3) is 4.68. The van der Waals surface area contributed by atoms with Gasteiger partial charge >= 0.3 is 0 Å². The van der Waals surface area contributed by atoms with Gasteiger partial charge in [0.2, 0.25) is 11.8 Å². The van der Waals surface area contributed by atoms with Crippen LogP contribution in [0.1, 0.15) is 67.2 Å². The van der Waals surface area contributed by atoms with Gasteiger partial charge in [-0.2, -0.15) is 0 Å². The number of thiophene rings is 1. The van der Waals surface area contributed by atoms with Gasteiger partial charge < -0.3 is 15.1 Å². The smallest absolute Gasteiger partial charge is 0.253 e. The van der Waals surface area contributed by atoms with E-state index in [1.165, 1.54) is 0 Å². The molecule has 0 saturated carbocycles. The molecule has 1 aromatic carbocycles. The van der Waals surface area contributed by atoms with Crippen LogP contribution in [0, 0.1) is 5.92 Å². The molecule has 0 radical (unpaired) electrons. The lowest BCUT2D eigenvalue weighted by atomic mass is 9.95. The highest BCUT2D eigenvalue weighted by Gasteiger charge is 2.40. The second-order valence-corrected chi connectivity index (χ2v) is 11.1. The number of likely N-dealkylation sites (tertiary alicyclic amines) is 1. The Hall–Kier alpha value is -2.87. The first-order valence-electron chi connectivity index (χ1n) is 12.8. The molecule has 0 spiro atoms. The predicted octanol–water partition coefficient (Wildman–Crippen LogP) is 4.20. The Balaban J connectivity index is 1.44. The van der Waals surface area contributed by atoms with Crippen molar-refractivity contribution >= 4 is 40.4 Å². The Morgan fingerprint density at radius 3 is 2.54 bits per heavy atom. The van der Waals surface area contributed by atoms with Crippen LogP contribution in [0.3, 0.4) is 0 Å². The van der Waals surface area contributed by atoms with E-state index in [1.807, 2.05) is 40.6 Å². The monoisotopic (exact) mass is 494 g/mol. The van der Waals surface area contributed by atoms with Crippen LogP contribution in [0.25, 0.3) is 0 Å². The summed E-state index contributed by atoms with van der Waals surface area (Å²) in [5.41, 5.74) is 2.20. The van der Waals surface area contributed by atoms with E-state index in [0.29, 0.717) is 11.3 Å². The van der Waals surface area contributed by atoms with Crippen molar-refractivity contribution in [3.05, 3.63) is 46.2 Å². The molecule has 2 atom stereocenters. The fraction of sp³-hybridized carbons (Fsp3) is 0.519. The summed E-state index contributed by atoms with van der Waals surface area (Å²) in [7, 11) is 0. The average Bonchev–Trinajstić information content (AvgIpc) is 3.59. The molecule has 3 aliphatic heterocycles. The molecule has 7 nitrogen and oxygen atoms in total. The third-order valence-corrected chi connectivity index (χ3v) is 8.36. The summed E-state index contributed by atoms with van der Waals surface area (Å²) in [6.07, 6.45) is 4.88. The zero-order valence-corrected chi connectivity index (χ0v) is 21.4. The van der Waals surface area contributed by atoms with Gasteiger partial charge in [-0.05, 0) is 67.7 Å². The van der Waals surface area contributed by atoms with Crippen molar-refractivity contribution in [2.45, 2.75) is 58.0 Å². The van der Waals surface area contributed by atoms with Gasteiger partial charge in [-0.1, -0.05) is 19.9 Å². The molecule has 0 aliphatic carbocycles. The number of carbonyl (C=O) groups excluding carboxylic acids is 3. The van der Waals surface area contributed by atoms with Gasteiger partial charge in [-0.3, -0.25) is 19.3 Å². The number of piperidine rings is 1. The van der Waals surface area contributed by atoms with Gasteiger partial charge in [-0.15, -0.1) is 11.3 Å². The molecule has 8 heteroatoms. The Morgan fingerprint density at radius 1 is 1.06 bits per heavy atom. The van der Waals surface area contributed by atoms with Gasteiger partial charge in [0.1, 0.15) is 12.6 Å². The number of hydrogen-bond acceptors (Lipinski definition) is 5. The van der Waals surface area contributed by atoms with Gasteiger partial charge in [0.25, 0.3) is 5.91 Å². The van der Waals surface area contributed by atoms with Crippen molar-refractivity contribution in [3.63, 3.8) is 0 Å². The summed E-state index contributed by atoms with van der Waals surface area (Å²) >= 11 is 1.62. The van der Waals surface area contributed by atoms with Crippen molar-refractivity contribution in [1.29, 1.82) is 0 Å². The molecular weight excluding hydrogens is 460 g/mol. The zero-order chi connectivity index (χ0) is 24.5. The molecule has 35 heavy (non-hydrogen) atoms. The molecule has 186 valence electrons. The summed E-state index contributed by atoms with van der Waals surface area (Å²) in [6.45, 7) is 6.48. The van der Waals surface area contributed by atoms with Crippen LogP contribution < -0.4 is 15.1 Å². The quantitative estimate of drug-likeness (QED) is 0.653. The Labute approximate surface area is 211 Å². The fourth-order valence-electron chi connectivity index (χ4n) is 5.55. The second-order valence-electron chi connectivity index (χ2n) is 10.1. The highest BCUT2D eigenvalue weighted by Crippen LogP contribution is 2.40. The van der Waals surface area contributed by atoms with Crippen LogP contribution in [0.4, 0.5) is 11.4 Å². The normalized spacial score (nSPS) is 20.6. The van der Waals surface area contributed by atoms with E-state index in [0.717, 1.165) is 62.3 Å². The van der Waals surface area contributed by atoms with Crippen LogP contribution in [0.15, 0.2) is 35.7 Å². The van der Waals surface area contributed by atoms with E-state index in [1.54, 1.807) is 16.2 Å². The van der Waals surface area contributed by atoms with Crippen molar-refractivity contribution in [2.75, 3.05) is 36.0 Å². The van der Waals surface area contributed by atoms with Gasteiger partial charge in [-0.25, -0.2) is 0 Å². The summed E-state index contributed by atoms with van der Waals surface area (Å²) in [6, 6.07) is 9.35. The molecule has 0 bridgehead atoms. The largest absolute Gasteiger partial charge is 0.358 e. The number of anilines is 2. The van der Waals surface area contributed by atoms with Crippen LogP contribution in [-0.2, 0) is 9.59 Å². The maximum atomic E-state index is 13.7. The lowest BCUT2D eigenvalue weighted by Crippen LogP contribution is -2.57. The fourth-order valence-corrected chi connectivity index (χ4v) is 6.50. The number of amides is 3. The summed E-state index contributed by atoms with van der Waals surface area (Å²) in [4.78, 5) is 46.8. The first-order chi connectivity index (χ1) is 16.9. The average molecular weight is 495 g/mol. The van der Waals surface area contributed by atoms with Gasteiger partial charge in [0.05, 0.1) is 17.4 Å². The lowest BCUT2D eigenvalue weighted by Gasteiger charge is -2.45. The summed E-state index contributed by atoms with van der Waals surface area (Å²) in [5.74, 6) is -0.00627. The van der Waals surface area contributed by atoms with Gasteiger partial charge in [0, 0.05) is 30.1 Å². The number of hydrogen-bond donors (Lipinski definition) is 1. The summed E-state index contributed by atoms with van der Waals surface area (Å²) < 4.78 is 0. The summed E-state index contributed by atoms with van der Waals surface area (Å²) in [5, 5.41) is 5.17. The first kappa shape index (κ1) is 23.9. The molecule has 1 aromatic heterocycles. The second kappa shape index (κ2) is 10.0. The van der Waals surface area contributed by atoms with Crippen molar-refractivity contribution in [2.24, 2.45) is 5.92 Å². The highest BCUT2D eigenvalue weighted by atomic mass is 32.1. The Bertz CT molecular complexity index is 1090. The van der Waals surface area contributed by atoms with E-state index >= 15 is 0 Å². The number of nitrogens with zero attached hydrogens (tertiary/aromatic N) is 3. The molecule has 2 aromatic rings. The molecular formula is C27H34N4O3S.